The van der Waals surface area contributed by atoms with Crippen molar-refractivity contribution in [2.45, 2.75) is 20.3 Å². The third-order valence-corrected chi connectivity index (χ3v) is 2.50. The highest BCUT2D eigenvalue weighted by molar-refractivity contribution is 5.65. The third kappa shape index (κ3) is 2.69. The molecule has 1 aromatic rings. The van der Waals surface area contributed by atoms with E-state index in [0.717, 1.165) is 12.1 Å². The summed E-state index contributed by atoms with van der Waals surface area (Å²) in [6.45, 7) is 4.44. The summed E-state index contributed by atoms with van der Waals surface area (Å²) in [5, 5.41) is 0. The van der Waals surface area contributed by atoms with Crippen LogP contribution < -0.4 is 0 Å². The number of pyridine rings is 1. The first-order chi connectivity index (χ1) is 7.75. The molecule has 0 aliphatic heterocycles. The normalized spacial score (nSPS) is 13.7. The van der Waals surface area contributed by atoms with E-state index in [4.69, 9.17) is 0 Å². The topological polar surface area (TPSA) is 12.9 Å². The SMILES string of the molecule is CC(C)Cc1ccc2c(n1)C=CC=CC=C2. The van der Waals surface area contributed by atoms with Crippen LogP contribution in [0.25, 0.3) is 12.2 Å². The van der Waals surface area contributed by atoms with Gasteiger partial charge >= 0.3 is 0 Å². The van der Waals surface area contributed by atoms with E-state index in [0.29, 0.717) is 5.92 Å². The van der Waals surface area contributed by atoms with Gasteiger partial charge in [0.25, 0.3) is 0 Å². The van der Waals surface area contributed by atoms with Gasteiger partial charge in [0.15, 0.2) is 0 Å². The highest BCUT2D eigenvalue weighted by Crippen LogP contribution is 2.15. The summed E-state index contributed by atoms with van der Waals surface area (Å²) in [4.78, 5) is 4.68. The van der Waals surface area contributed by atoms with E-state index in [9.17, 15) is 0 Å². The number of nitrogens with zero attached hydrogens (tertiary/aromatic N) is 1. The molecule has 0 amide bonds. The first-order valence-corrected chi connectivity index (χ1v) is 5.77. The highest BCUT2D eigenvalue weighted by Gasteiger charge is 2.03. The fourth-order valence-electron chi connectivity index (χ4n) is 1.77. The molecule has 1 nitrogen and oxygen atoms in total. The zero-order valence-corrected chi connectivity index (χ0v) is 9.85. The van der Waals surface area contributed by atoms with Gasteiger partial charge in [-0.1, -0.05) is 50.3 Å². The molecule has 0 saturated carbocycles. The van der Waals surface area contributed by atoms with Crippen LogP contribution in [-0.4, -0.2) is 4.98 Å². The molecule has 0 fully saturated rings. The van der Waals surface area contributed by atoms with Crippen LogP contribution in [0.5, 0.6) is 0 Å². The minimum atomic E-state index is 0.651. The van der Waals surface area contributed by atoms with Crippen molar-refractivity contribution in [2.24, 2.45) is 5.92 Å². The Morgan fingerprint density at radius 2 is 1.75 bits per heavy atom. The maximum atomic E-state index is 4.68. The van der Waals surface area contributed by atoms with E-state index in [1.54, 1.807) is 0 Å². The standard InChI is InChI=1S/C15H17N/c1-12(2)11-14-10-9-13-7-5-3-4-6-8-15(13)16-14/h3-10,12H,11H2,1-2H3. The molecule has 1 aliphatic carbocycles. The van der Waals surface area contributed by atoms with Crippen molar-refractivity contribution >= 4 is 12.2 Å². The predicted octanol–water partition coefficient (Wildman–Crippen LogP) is 3.88. The second kappa shape index (κ2) is 4.93. The van der Waals surface area contributed by atoms with Crippen LogP contribution in [0, 0.1) is 5.92 Å². The van der Waals surface area contributed by atoms with Crippen LogP contribution in [0.4, 0.5) is 0 Å². The molecule has 16 heavy (non-hydrogen) atoms. The molecule has 0 N–H and O–H groups in total. The van der Waals surface area contributed by atoms with Gasteiger partial charge in [-0.15, -0.1) is 0 Å². The van der Waals surface area contributed by atoms with Crippen molar-refractivity contribution in [1.29, 1.82) is 0 Å². The number of hydrogen-bond donors (Lipinski definition) is 0. The number of fused-ring (bicyclic) bond motifs is 1. The van der Waals surface area contributed by atoms with E-state index in [1.807, 2.05) is 24.3 Å². The Hall–Kier alpha value is -1.63. The quantitative estimate of drug-likeness (QED) is 0.723. The lowest BCUT2D eigenvalue weighted by molar-refractivity contribution is 0.635. The molecule has 2 rings (SSSR count). The highest BCUT2D eigenvalue weighted by atomic mass is 14.7. The van der Waals surface area contributed by atoms with Crippen LogP contribution in [0.1, 0.15) is 30.8 Å². The molecule has 1 heteroatoms. The average Bonchev–Trinajstić information content (AvgIpc) is 2.19. The molecule has 1 heterocycles. The maximum absolute atomic E-state index is 4.68. The van der Waals surface area contributed by atoms with Crippen LogP contribution in [0.2, 0.25) is 0 Å². The lowest BCUT2D eigenvalue weighted by Gasteiger charge is -2.07. The molecule has 1 aliphatic rings. The summed E-state index contributed by atoms with van der Waals surface area (Å²) in [5.74, 6) is 0.651. The second-order valence-electron chi connectivity index (χ2n) is 4.48. The Morgan fingerprint density at radius 1 is 1.00 bits per heavy atom. The van der Waals surface area contributed by atoms with Gasteiger partial charge in [-0.3, -0.25) is 4.98 Å². The monoisotopic (exact) mass is 211 g/mol. The van der Waals surface area contributed by atoms with Gasteiger partial charge in [-0.2, -0.15) is 0 Å². The molecule has 0 aromatic carbocycles. The summed E-state index contributed by atoms with van der Waals surface area (Å²) in [6.07, 6.45) is 13.3. The van der Waals surface area contributed by atoms with Gasteiger partial charge in [0, 0.05) is 11.3 Å². The van der Waals surface area contributed by atoms with Crippen molar-refractivity contribution in [3.8, 4) is 0 Å². The summed E-state index contributed by atoms with van der Waals surface area (Å²) in [7, 11) is 0. The zero-order chi connectivity index (χ0) is 11.4. The van der Waals surface area contributed by atoms with Crippen molar-refractivity contribution in [3.05, 3.63) is 53.4 Å². The minimum Gasteiger partial charge on any atom is -0.253 e. The molecule has 0 bridgehead atoms. The summed E-state index contributed by atoms with van der Waals surface area (Å²) >= 11 is 0. The molecular formula is C15H17N. The molecule has 1 aromatic heterocycles. The van der Waals surface area contributed by atoms with Crippen molar-refractivity contribution in [3.63, 3.8) is 0 Å². The Kier molecular flexibility index (Phi) is 3.35. The number of aromatic nitrogens is 1. The fraction of sp³-hybridized carbons (Fsp3) is 0.267. The number of rotatable bonds is 2. The van der Waals surface area contributed by atoms with E-state index in [2.05, 4.69) is 43.1 Å². The van der Waals surface area contributed by atoms with E-state index in [-0.39, 0.29) is 0 Å². The molecule has 0 saturated heterocycles. The molecular weight excluding hydrogens is 194 g/mol. The predicted molar refractivity (Wildman–Crippen MR) is 70.0 cm³/mol. The Bertz CT molecular complexity index is 451. The van der Waals surface area contributed by atoms with E-state index < -0.39 is 0 Å². The molecule has 82 valence electrons. The van der Waals surface area contributed by atoms with Crippen LogP contribution in [0.15, 0.2) is 36.4 Å². The van der Waals surface area contributed by atoms with Gasteiger partial charge in [-0.25, -0.2) is 0 Å². The smallest absolute Gasteiger partial charge is 0.0705 e. The number of allylic oxidation sites excluding steroid dienone is 4. The maximum Gasteiger partial charge on any atom is 0.0705 e. The van der Waals surface area contributed by atoms with Gasteiger partial charge in [0.05, 0.1) is 5.69 Å². The van der Waals surface area contributed by atoms with E-state index in [1.165, 1.54) is 11.3 Å². The van der Waals surface area contributed by atoms with Gasteiger partial charge < -0.3 is 0 Å². The van der Waals surface area contributed by atoms with Crippen LogP contribution in [-0.2, 0) is 6.42 Å². The Morgan fingerprint density at radius 3 is 2.50 bits per heavy atom. The first kappa shape index (κ1) is 10.9. The lowest BCUT2D eigenvalue weighted by atomic mass is 10.0. The van der Waals surface area contributed by atoms with Crippen LogP contribution >= 0.6 is 0 Å². The van der Waals surface area contributed by atoms with Crippen molar-refractivity contribution in [2.75, 3.05) is 0 Å². The minimum absolute atomic E-state index is 0.651. The van der Waals surface area contributed by atoms with Gasteiger partial charge in [0.2, 0.25) is 0 Å². The average molecular weight is 211 g/mol. The molecule has 0 atom stereocenters. The summed E-state index contributed by atoms with van der Waals surface area (Å²) in [6, 6.07) is 4.28. The molecule has 0 spiro atoms. The summed E-state index contributed by atoms with van der Waals surface area (Å²) in [5.41, 5.74) is 3.43. The largest absolute Gasteiger partial charge is 0.253 e. The zero-order valence-electron chi connectivity index (χ0n) is 9.85. The van der Waals surface area contributed by atoms with Gasteiger partial charge in [0.1, 0.15) is 0 Å². The van der Waals surface area contributed by atoms with Crippen molar-refractivity contribution < 1.29 is 0 Å². The first-order valence-electron chi connectivity index (χ1n) is 5.77. The molecule has 0 unspecified atom stereocenters. The fourth-order valence-corrected chi connectivity index (χ4v) is 1.77. The lowest BCUT2D eigenvalue weighted by Crippen LogP contribution is -1.99. The van der Waals surface area contributed by atoms with Gasteiger partial charge in [-0.05, 0) is 24.5 Å². The van der Waals surface area contributed by atoms with Crippen molar-refractivity contribution in [1.82, 2.24) is 4.98 Å². The van der Waals surface area contributed by atoms with Crippen LogP contribution in [0.3, 0.4) is 0 Å². The molecule has 0 radical (unpaired) electrons. The summed E-state index contributed by atoms with van der Waals surface area (Å²) < 4.78 is 0. The Balaban J connectivity index is 2.34. The third-order valence-electron chi connectivity index (χ3n) is 2.50. The Labute approximate surface area is 97.2 Å². The number of hydrogen-bond acceptors (Lipinski definition) is 1. The van der Waals surface area contributed by atoms with E-state index >= 15 is 0 Å². The second-order valence-corrected chi connectivity index (χ2v) is 4.48.